The van der Waals surface area contributed by atoms with Crippen LogP contribution < -0.4 is 0 Å². The van der Waals surface area contributed by atoms with Crippen LogP contribution in [0.5, 0.6) is 0 Å². The van der Waals surface area contributed by atoms with E-state index < -0.39 is 9.84 Å². The van der Waals surface area contributed by atoms with Gasteiger partial charge in [0.05, 0.1) is 23.2 Å². The lowest BCUT2D eigenvalue weighted by Crippen LogP contribution is -2.60. The van der Waals surface area contributed by atoms with Gasteiger partial charge in [-0.25, -0.2) is 8.42 Å². The molecule has 2 atom stereocenters. The van der Waals surface area contributed by atoms with Gasteiger partial charge in [-0.3, -0.25) is 14.8 Å². The Hall–Kier alpha value is -2.13. The Labute approximate surface area is 152 Å². The van der Waals surface area contributed by atoms with Crippen molar-refractivity contribution in [2.45, 2.75) is 19.0 Å². The van der Waals surface area contributed by atoms with Gasteiger partial charge in [-0.1, -0.05) is 6.92 Å². The third-order valence-corrected chi connectivity index (χ3v) is 7.17. The molecule has 0 radical (unpaired) electrons. The average Bonchev–Trinajstić information content (AvgIpc) is 3.30. The van der Waals surface area contributed by atoms with E-state index in [1.807, 2.05) is 36.9 Å². The molecule has 1 amide bonds. The highest BCUT2D eigenvalue weighted by Gasteiger charge is 2.47. The zero-order chi connectivity index (χ0) is 18.5. The summed E-state index contributed by atoms with van der Waals surface area (Å²) in [5.41, 5.74) is 2.01. The largest absolute Gasteiger partial charge is 0.349 e. The van der Waals surface area contributed by atoms with Gasteiger partial charge in [-0.15, -0.1) is 0 Å². The van der Waals surface area contributed by atoms with Gasteiger partial charge in [0.1, 0.15) is 11.4 Å². The molecule has 2 aromatic heterocycles. The molecule has 0 saturated carbocycles. The van der Waals surface area contributed by atoms with Crippen molar-refractivity contribution in [2.24, 2.45) is 7.05 Å². The monoisotopic (exact) mass is 377 g/mol. The maximum absolute atomic E-state index is 13.1. The summed E-state index contributed by atoms with van der Waals surface area (Å²) >= 11 is 0. The van der Waals surface area contributed by atoms with E-state index in [-0.39, 0.29) is 29.5 Å². The van der Waals surface area contributed by atoms with E-state index in [2.05, 4.69) is 15.1 Å². The van der Waals surface area contributed by atoms with Crippen LogP contribution in [-0.2, 0) is 16.9 Å². The molecular formula is C17H23N5O3S. The Morgan fingerprint density at radius 2 is 2.08 bits per heavy atom. The molecule has 0 aliphatic carbocycles. The first-order chi connectivity index (χ1) is 12.4. The summed E-state index contributed by atoms with van der Waals surface area (Å²) in [6.07, 6.45) is 1.92. The van der Waals surface area contributed by atoms with E-state index in [0.717, 1.165) is 12.2 Å². The molecule has 2 fully saturated rings. The number of carbonyl (C=O) groups excluding carboxylic acids is 1. The van der Waals surface area contributed by atoms with Crippen LogP contribution in [0.3, 0.4) is 0 Å². The van der Waals surface area contributed by atoms with Crippen molar-refractivity contribution in [3.8, 4) is 11.4 Å². The first-order valence-electron chi connectivity index (χ1n) is 8.82. The van der Waals surface area contributed by atoms with Crippen LogP contribution in [0.4, 0.5) is 0 Å². The SMILES string of the molecule is CCN1CCN(C(=O)c2cc(-c3cccn3C)n[nH]2)[C@H]2CS(=O)(=O)C[C@H]21. The number of nitrogens with one attached hydrogen (secondary N) is 1. The van der Waals surface area contributed by atoms with Gasteiger partial charge >= 0.3 is 0 Å². The predicted octanol–water partition coefficient (Wildman–Crippen LogP) is 0.359. The van der Waals surface area contributed by atoms with Crippen LogP contribution in [0.2, 0.25) is 0 Å². The lowest BCUT2D eigenvalue weighted by molar-refractivity contribution is 0.0344. The summed E-state index contributed by atoms with van der Waals surface area (Å²) < 4.78 is 26.3. The second kappa shape index (κ2) is 6.24. The number of rotatable bonds is 3. The molecular weight excluding hydrogens is 354 g/mol. The number of piperazine rings is 1. The minimum Gasteiger partial charge on any atom is -0.349 e. The molecule has 4 heterocycles. The van der Waals surface area contributed by atoms with Gasteiger partial charge < -0.3 is 9.47 Å². The van der Waals surface area contributed by atoms with Crippen molar-refractivity contribution in [2.75, 3.05) is 31.1 Å². The lowest BCUT2D eigenvalue weighted by Gasteiger charge is -2.43. The highest BCUT2D eigenvalue weighted by Crippen LogP contribution is 2.28. The van der Waals surface area contributed by atoms with E-state index in [9.17, 15) is 13.2 Å². The average molecular weight is 377 g/mol. The van der Waals surface area contributed by atoms with E-state index in [1.165, 1.54) is 0 Å². The summed E-state index contributed by atoms with van der Waals surface area (Å²) in [5.74, 6) is -0.00761. The second-order valence-corrected chi connectivity index (χ2v) is 9.16. The Morgan fingerprint density at radius 1 is 1.31 bits per heavy atom. The third-order valence-electron chi connectivity index (χ3n) is 5.47. The van der Waals surface area contributed by atoms with Gasteiger partial charge in [0.15, 0.2) is 9.84 Å². The van der Waals surface area contributed by atoms with Crippen LogP contribution >= 0.6 is 0 Å². The number of amides is 1. The topological polar surface area (TPSA) is 91.3 Å². The Morgan fingerprint density at radius 3 is 2.77 bits per heavy atom. The number of fused-ring (bicyclic) bond motifs is 1. The van der Waals surface area contributed by atoms with Crippen molar-refractivity contribution in [1.82, 2.24) is 24.6 Å². The van der Waals surface area contributed by atoms with E-state index >= 15 is 0 Å². The van der Waals surface area contributed by atoms with Gasteiger partial charge in [0, 0.05) is 32.4 Å². The van der Waals surface area contributed by atoms with Crippen molar-refractivity contribution in [3.05, 3.63) is 30.1 Å². The quantitative estimate of drug-likeness (QED) is 0.834. The maximum Gasteiger partial charge on any atom is 0.272 e. The normalized spacial score (nSPS) is 25.4. The first kappa shape index (κ1) is 17.3. The number of hydrogen-bond donors (Lipinski definition) is 1. The molecule has 0 bridgehead atoms. The number of hydrogen-bond acceptors (Lipinski definition) is 5. The van der Waals surface area contributed by atoms with E-state index in [0.29, 0.717) is 24.5 Å². The van der Waals surface area contributed by atoms with Crippen molar-refractivity contribution in [1.29, 1.82) is 0 Å². The summed E-state index contributed by atoms with van der Waals surface area (Å²) in [7, 11) is -1.20. The summed E-state index contributed by atoms with van der Waals surface area (Å²) in [6.45, 7) is 4.04. The molecule has 2 aliphatic rings. The van der Waals surface area contributed by atoms with Gasteiger partial charge in [-0.2, -0.15) is 5.10 Å². The van der Waals surface area contributed by atoms with E-state index in [4.69, 9.17) is 0 Å². The van der Waals surface area contributed by atoms with Crippen LogP contribution in [-0.4, -0.2) is 82.1 Å². The molecule has 0 aromatic carbocycles. The molecule has 0 spiro atoms. The number of H-pyrrole nitrogens is 1. The standard InChI is InChI=1S/C17H23N5O3S/c1-3-21-7-8-22(16-11-26(24,25)10-15(16)21)17(23)13-9-12(18-19-13)14-5-4-6-20(14)2/h4-6,9,15-16H,3,7-8,10-11H2,1-2H3,(H,18,19)/t15-,16+/m1/s1. The number of aryl methyl sites for hydroxylation is 1. The number of likely N-dealkylation sites (N-methyl/N-ethyl adjacent to an activating group) is 1. The smallest absolute Gasteiger partial charge is 0.272 e. The number of aromatic amines is 1. The van der Waals surface area contributed by atoms with Crippen LogP contribution in [0.1, 0.15) is 17.4 Å². The Bertz CT molecular complexity index is 932. The van der Waals surface area contributed by atoms with Gasteiger partial charge in [-0.05, 0) is 24.7 Å². The fourth-order valence-corrected chi connectivity index (χ4v) is 6.13. The lowest BCUT2D eigenvalue weighted by atomic mass is 10.0. The van der Waals surface area contributed by atoms with Crippen molar-refractivity contribution < 1.29 is 13.2 Å². The van der Waals surface area contributed by atoms with Crippen LogP contribution in [0.25, 0.3) is 11.4 Å². The Kier molecular flexibility index (Phi) is 4.15. The third kappa shape index (κ3) is 2.84. The fraction of sp³-hybridized carbons (Fsp3) is 0.529. The van der Waals surface area contributed by atoms with Crippen molar-refractivity contribution in [3.63, 3.8) is 0 Å². The van der Waals surface area contributed by atoms with Crippen LogP contribution in [0.15, 0.2) is 24.4 Å². The summed E-state index contributed by atoms with van der Waals surface area (Å²) in [6, 6.07) is 5.19. The Balaban J connectivity index is 1.60. The predicted molar refractivity (Wildman–Crippen MR) is 97.5 cm³/mol. The van der Waals surface area contributed by atoms with E-state index in [1.54, 1.807) is 11.0 Å². The zero-order valence-corrected chi connectivity index (χ0v) is 15.7. The number of sulfone groups is 1. The maximum atomic E-state index is 13.1. The molecule has 2 aliphatic heterocycles. The number of carbonyl (C=O) groups is 1. The molecule has 1 N–H and O–H groups in total. The highest BCUT2D eigenvalue weighted by molar-refractivity contribution is 7.91. The highest BCUT2D eigenvalue weighted by atomic mass is 32.2. The summed E-state index contributed by atoms with van der Waals surface area (Å²) in [4.78, 5) is 16.9. The molecule has 26 heavy (non-hydrogen) atoms. The molecule has 9 heteroatoms. The minimum atomic E-state index is -3.12. The minimum absolute atomic E-state index is 0.0404. The molecule has 8 nitrogen and oxygen atoms in total. The molecule has 0 unspecified atom stereocenters. The number of aromatic nitrogens is 3. The van der Waals surface area contributed by atoms with Crippen LogP contribution in [0, 0.1) is 0 Å². The molecule has 2 aromatic rings. The molecule has 4 rings (SSSR count). The zero-order valence-electron chi connectivity index (χ0n) is 14.9. The molecule has 140 valence electrons. The molecule has 2 saturated heterocycles. The second-order valence-electron chi connectivity index (χ2n) is 7.01. The first-order valence-corrected chi connectivity index (χ1v) is 10.6. The number of nitrogens with zero attached hydrogens (tertiary/aromatic N) is 4. The fourth-order valence-electron chi connectivity index (χ4n) is 4.11. The van der Waals surface area contributed by atoms with Gasteiger partial charge in [0.2, 0.25) is 0 Å². The summed E-state index contributed by atoms with van der Waals surface area (Å²) in [5, 5.41) is 7.09. The van der Waals surface area contributed by atoms with Crippen molar-refractivity contribution >= 4 is 15.7 Å². The van der Waals surface area contributed by atoms with Gasteiger partial charge in [0.25, 0.3) is 5.91 Å².